The molecule has 0 heterocycles. The molecule has 0 saturated heterocycles. The molecule has 0 aliphatic rings. The second-order valence-electron chi connectivity index (χ2n) is 4.04. The highest BCUT2D eigenvalue weighted by Crippen LogP contribution is 2.15. The first-order valence-corrected chi connectivity index (χ1v) is 5.27. The molecule has 1 aromatic rings. The predicted octanol–water partition coefficient (Wildman–Crippen LogP) is 1.64. The van der Waals surface area contributed by atoms with Crippen LogP contribution in [0.15, 0.2) is 24.3 Å². The van der Waals surface area contributed by atoms with E-state index in [1.54, 1.807) is 24.3 Å². The quantitative estimate of drug-likeness (QED) is 0.746. The highest BCUT2D eigenvalue weighted by molar-refractivity contribution is 5.78. The average Bonchev–Trinajstić information content (AvgIpc) is 2.21. The smallest absolute Gasteiger partial charge is 0.248 e. The van der Waals surface area contributed by atoms with E-state index in [1.165, 1.54) is 0 Å². The van der Waals surface area contributed by atoms with Crippen LogP contribution in [0.25, 0.3) is 0 Å². The van der Waals surface area contributed by atoms with Gasteiger partial charge in [0.2, 0.25) is 5.91 Å². The normalized spacial score (nSPS) is 10.4. The first kappa shape index (κ1) is 12.5. The largest absolute Gasteiger partial charge is 0.508 e. The molecule has 2 N–H and O–H groups in total. The van der Waals surface area contributed by atoms with Crippen LogP contribution in [-0.4, -0.2) is 17.6 Å². The molecule has 4 heteroatoms. The Kier molecular flexibility index (Phi) is 4.79. The summed E-state index contributed by atoms with van der Waals surface area (Å²) in [4.78, 5) is 16.4. The van der Waals surface area contributed by atoms with Gasteiger partial charge in [-0.15, -0.1) is 0 Å². The number of hydroxylamine groups is 1. The van der Waals surface area contributed by atoms with E-state index < -0.39 is 0 Å². The fourth-order valence-electron chi connectivity index (χ4n) is 1.16. The Hall–Kier alpha value is -1.55. The van der Waals surface area contributed by atoms with Crippen molar-refractivity contribution in [2.24, 2.45) is 5.92 Å². The number of phenolic OH excluding ortho intramolecular Hbond substituents is 1. The number of carbonyl (C=O) groups is 1. The molecular weight excluding hydrogens is 206 g/mol. The van der Waals surface area contributed by atoms with Crippen LogP contribution >= 0.6 is 0 Å². The molecule has 0 atom stereocenters. The Balaban J connectivity index is 2.37. The average molecular weight is 223 g/mol. The number of para-hydroxylation sites is 1. The molecule has 0 aliphatic carbocycles. The van der Waals surface area contributed by atoms with Crippen molar-refractivity contribution in [2.75, 3.05) is 6.61 Å². The molecule has 0 aromatic heterocycles. The van der Waals surface area contributed by atoms with Crippen LogP contribution in [0.5, 0.6) is 5.75 Å². The number of hydrogen-bond acceptors (Lipinski definition) is 3. The number of phenols is 1. The molecule has 0 aliphatic heterocycles. The van der Waals surface area contributed by atoms with Crippen LogP contribution in [0.3, 0.4) is 0 Å². The topological polar surface area (TPSA) is 58.6 Å². The number of nitrogens with one attached hydrogen (secondary N) is 1. The summed E-state index contributed by atoms with van der Waals surface area (Å²) in [5.74, 6) is 0.231. The third-order valence-corrected chi connectivity index (χ3v) is 1.95. The molecule has 1 rings (SSSR count). The Labute approximate surface area is 95.2 Å². The number of hydrogen-bond donors (Lipinski definition) is 2. The maximum absolute atomic E-state index is 11.4. The minimum atomic E-state index is -0.262. The van der Waals surface area contributed by atoms with Crippen LogP contribution in [-0.2, 0) is 16.1 Å². The number of amides is 1. The van der Waals surface area contributed by atoms with Gasteiger partial charge in [-0.2, -0.15) is 0 Å². The summed E-state index contributed by atoms with van der Waals surface area (Å²) in [6.45, 7) is 4.47. The van der Waals surface area contributed by atoms with Crippen molar-refractivity contribution < 1.29 is 14.7 Å². The van der Waals surface area contributed by atoms with Crippen molar-refractivity contribution in [3.8, 4) is 5.75 Å². The molecule has 0 unspecified atom stereocenters. The lowest BCUT2D eigenvalue weighted by Gasteiger charge is -2.08. The first-order valence-electron chi connectivity index (χ1n) is 5.27. The van der Waals surface area contributed by atoms with Gasteiger partial charge < -0.3 is 5.11 Å². The molecule has 0 spiro atoms. The van der Waals surface area contributed by atoms with E-state index in [0.717, 1.165) is 0 Å². The first-order chi connectivity index (χ1) is 7.59. The van der Waals surface area contributed by atoms with E-state index >= 15 is 0 Å². The van der Waals surface area contributed by atoms with Gasteiger partial charge in [-0.05, 0) is 12.0 Å². The van der Waals surface area contributed by atoms with Crippen molar-refractivity contribution in [3.63, 3.8) is 0 Å². The zero-order valence-electron chi connectivity index (χ0n) is 9.56. The Morgan fingerprint density at radius 3 is 2.75 bits per heavy atom. The molecule has 1 aromatic carbocycles. The second kappa shape index (κ2) is 6.12. The lowest BCUT2D eigenvalue weighted by atomic mass is 10.1. The number of aromatic hydroxyl groups is 1. The van der Waals surface area contributed by atoms with Gasteiger partial charge in [-0.3, -0.25) is 9.63 Å². The Morgan fingerprint density at radius 2 is 2.12 bits per heavy atom. The third-order valence-electron chi connectivity index (χ3n) is 1.95. The number of benzene rings is 1. The van der Waals surface area contributed by atoms with Gasteiger partial charge in [0.25, 0.3) is 0 Å². The van der Waals surface area contributed by atoms with Crippen molar-refractivity contribution in [2.45, 2.75) is 20.3 Å². The zero-order chi connectivity index (χ0) is 12.0. The third kappa shape index (κ3) is 4.31. The molecule has 0 bridgehead atoms. The summed E-state index contributed by atoms with van der Waals surface area (Å²) in [5, 5.41) is 9.45. The van der Waals surface area contributed by atoms with Crippen molar-refractivity contribution >= 4 is 5.91 Å². The standard InChI is InChI=1S/C12H17NO3/c1-9(2)8-16-13-12(15)7-10-5-3-4-6-11(10)14/h3-6,9,14H,7-8H2,1-2H3,(H,13,15). The molecular formula is C12H17NO3. The molecule has 88 valence electrons. The van der Waals surface area contributed by atoms with E-state index in [2.05, 4.69) is 5.48 Å². The summed E-state index contributed by atoms with van der Waals surface area (Å²) in [7, 11) is 0. The summed E-state index contributed by atoms with van der Waals surface area (Å²) in [6.07, 6.45) is 0.116. The van der Waals surface area contributed by atoms with Gasteiger partial charge in [0.15, 0.2) is 0 Å². The highest BCUT2D eigenvalue weighted by Gasteiger charge is 2.06. The second-order valence-corrected chi connectivity index (χ2v) is 4.04. The highest BCUT2D eigenvalue weighted by atomic mass is 16.6. The molecule has 0 saturated carbocycles. The summed E-state index contributed by atoms with van der Waals surface area (Å²) < 4.78 is 0. The predicted molar refractivity (Wildman–Crippen MR) is 60.7 cm³/mol. The molecule has 0 radical (unpaired) electrons. The maximum Gasteiger partial charge on any atom is 0.248 e. The van der Waals surface area contributed by atoms with Crippen molar-refractivity contribution in [1.82, 2.24) is 5.48 Å². The van der Waals surface area contributed by atoms with Crippen LogP contribution in [0, 0.1) is 5.92 Å². The van der Waals surface area contributed by atoms with Gasteiger partial charge in [0.05, 0.1) is 13.0 Å². The molecule has 0 fully saturated rings. The van der Waals surface area contributed by atoms with Crippen LogP contribution in [0.2, 0.25) is 0 Å². The van der Waals surface area contributed by atoms with E-state index in [0.29, 0.717) is 18.1 Å². The molecule has 4 nitrogen and oxygen atoms in total. The van der Waals surface area contributed by atoms with Gasteiger partial charge in [-0.25, -0.2) is 5.48 Å². The fourth-order valence-corrected chi connectivity index (χ4v) is 1.16. The number of carbonyl (C=O) groups excluding carboxylic acids is 1. The lowest BCUT2D eigenvalue weighted by molar-refractivity contribution is -0.133. The number of rotatable bonds is 5. The molecule has 16 heavy (non-hydrogen) atoms. The fraction of sp³-hybridized carbons (Fsp3) is 0.417. The van der Waals surface area contributed by atoms with Gasteiger partial charge in [0, 0.05) is 5.56 Å². The Morgan fingerprint density at radius 1 is 1.44 bits per heavy atom. The van der Waals surface area contributed by atoms with Gasteiger partial charge >= 0.3 is 0 Å². The van der Waals surface area contributed by atoms with Crippen LogP contribution in [0.1, 0.15) is 19.4 Å². The Bertz CT molecular complexity index is 350. The monoisotopic (exact) mass is 223 g/mol. The SMILES string of the molecule is CC(C)CONC(=O)Cc1ccccc1O. The van der Waals surface area contributed by atoms with Gasteiger partial charge in [0.1, 0.15) is 5.75 Å². The van der Waals surface area contributed by atoms with Gasteiger partial charge in [-0.1, -0.05) is 32.0 Å². The van der Waals surface area contributed by atoms with E-state index in [4.69, 9.17) is 4.84 Å². The van der Waals surface area contributed by atoms with E-state index in [1.807, 2.05) is 13.8 Å². The minimum Gasteiger partial charge on any atom is -0.508 e. The summed E-state index contributed by atoms with van der Waals surface area (Å²) in [5.41, 5.74) is 2.93. The van der Waals surface area contributed by atoms with Crippen LogP contribution < -0.4 is 5.48 Å². The lowest BCUT2D eigenvalue weighted by Crippen LogP contribution is -2.27. The molecule has 1 amide bonds. The van der Waals surface area contributed by atoms with Crippen molar-refractivity contribution in [3.05, 3.63) is 29.8 Å². The zero-order valence-corrected chi connectivity index (χ0v) is 9.56. The van der Waals surface area contributed by atoms with Crippen LogP contribution in [0.4, 0.5) is 0 Å². The summed E-state index contributed by atoms with van der Waals surface area (Å²) >= 11 is 0. The van der Waals surface area contributed by atoms with E-state index in [-0.39, 0.29) is 18.1 Å². The summed E-state index contributed by atoms with van der Waals surface area (Å²) in [6, 6.07) is 6.75. The maximum atomic E-state index is 11.4. The van der Waals surface area contributed by atoms with E-state index in [9.17, 15) is 9.90 Å². The minimum absolute atomic E-state index is 0.116. The van der Waals surface area contributed by atoms with Crippen molar-refractivity contribution in [1.29, 1.82) is 0 Å².